The van der Waals surface area contributed by atoms with Gasteiger partial charge in [-0.1, -0.05) is 26.8 Å². The van der Waals surface area contributed by atoms with Crippen LogP contribution in [0, 0.1) is 16.7 Å². The van der Waals surface area contributed by atoms with Gasteiger partial charge in [0, 0.05) is 24.8 Å². The van der Waals surface area contributed by atoms with Gasteiger partial charge in [0.2, 0.25) is 0 Å². The molecule has 0 bridgehead atoms. The summed E-state index contributed by atoms with van der Waals surface area (Å²) in [5.41, 5.74) is 10.4. The molecule has 25 heavy (non-hydrogen) atoms. The smallest absolute Gasteiger partial charge is 0.328 e. The van der Waals surface area contributed by atoms with E-state index in [9.17, 15) is 10.1 Å². The molecule has 0 radical (unpaired) electrons. The zero-order valence-electron chi connectivity index (χ0n) is 15.0. The topological polar surface area (TPSA) is 76.7 Å². The first-order valence-electron chi connectivity index (χ1n) is 8.20. The first-order valence-corrected chi connectivity index (χ1v) is 8.20. The summed E-state index contributed by atoms with van der Waals surface area (Å²) in [6, 6.07) is 13.3. The molecule has 0 amide bonds. The number of hydrogen-bond donors (Lipinski definition) is 1. The van der Waals surface area contributed by atoms with E-state index in [2.05, 4.69) is 26.8 Å². The molecule has 3 rings (SSSR count). The van der Waals surface area contributed by atoms with Crippen LogP contribution < -0.4 is 11.4 Å². The van der Waals surface area contributed by atoms with Crippen molar-refractivity contribution >= 4 is 16.7 Å². The molecule has 0 atom stereocenters. The number of imidazole rings is 1. The second kappa shape index (κ2) is 5.82. The molecule has 1 aromatic heterocycles. The predicted molar refractivity (Wildman–Crippen MR) is 101 cm³/mol. The minimum atomic E-state index is -0.0323. The minimum Gasteiger partial charge on any atom is -0.399 e. The number of rotatable bonds is 2. The molecule has 0 aliphatic rings. The van der Waals surface area contributed by atoms with Crippen molar-refractivity contribution in [3.05, 3.63) is 52.4 Å². The first kappa shape index (κ1) is 16.8. The van der Waals surface area contributed by atoms with Crippen molar-refractivity contribution < 1.29 is 0 Å². The lowest BCUT2D eigenvalue weighted by Gasteiger charge is -2.18. The van der Waals surface area contributed by atoms with Gasteiger partial charge in [0.05, 0.1) is 22.7 Å². The summed E-state index contributed by atoms with van der Waals surface area (Å²) in [5.74, 6) is 0. The van der Waals surface area contributed by atoms with E-state index in [4.69, 9.17) is 5.73 Å². The second-order valence-corrected chi connectivity index (χ2v) is 7.61. The van der Waals surface area contributed by atoms with Crippen LogP contribution in [0.3, 0.4) is 0 Å². The van der Waals surface area contributed by atoms with Crippen LogP contribution in [0.25, 0.3) is 22.2 Å². The second-order valence-electron chi connectivity index (χ2n) is 7.61. The largest absolute Gasteiger partial charge is 0.399 e. The Morgan fingerprint density at radius 1 is 1.12 bits per heavy atom. The van der Waals surface area contributed by atoms with Crippen LogP contribution in [0.4, 0.5) is 5.69 Å². The third kappa shape index (κ3) is 3.03. The van der Waals surface area contributed by atoms with E-state index >= 15 is 0 Å². The average Bonchev–Trinajstić information content (AvgIpc) is 2.78. The van der Waals surface area contributed by atoms with Gasteiger partial charge < -0.3 is 5.73 Å². The Labute approximate surface area is 146 Å². The van der Waals surface area contributed by atoms with Gasteiger partial charge in [-0.25, -0.2) is 4.79 Å². The monoisotopic (exact) mass is 334 g/mol. The number of fused-ring (bicyclic) bond motifs is 1. The molecule has 3 aromatic rings. The van der Waals surface area contributed by atoms with Crippen LogP contribution in [-0.2, 0) is 13.6 Å². The molecule has 5 heteroatoms. The molecule has 0 aliphatic heterocycles. The summed E-state index contributed by atoms with van der Waals surface area (Å²) >= 11 is 0. The van der Waals surface area contributed by atoms with Gasteiger partial charge in [0.15, 0.2) is 0 Å². The van der Waals surface area contributed by atoms with Gasteiger partial charge in [-0.15, -0.1) is 0 Å². The molecule has 0 unspecified atom stereocenters. The molecule has 0 saturated carbocycles. The lowest BCUT2D eigenvalue weighted by molar-refractivity contribution is 0.342. The molecule has 0 fully saturated rings. The van der Waals surface area contributed by atoms with Crippen LogP contribution in [0.5, 0.6) is 0 Å². The van der Waals surface area contributed by atoms with Gasteiger partial charge in [0.1, 0.15) is 0 Å². The number of nitrogen functional groups attached to an aromatic ring is 1. The minimum absolute atomic E-state index is 0.00135. The molecule has 128 valence electrons. The standard InChI is InChI=1S/C20H22N4O/c1-20(2,3)12-24-17-8-6-13(9-18(17)23(4)19(24)25)16-10-15(22)7-5-14(16)11-21/h5-10H,12,22H2,1-4H3. The molecule has 1 heterocycles. The Kier molecular flexibility index (Phi) is 3.92. The van der Waals surface area contributed by atoms with Crippen molar-refractivity contribution in [2.75, 3.05) is 5.73 Å². The summed E-state index contributed by atoms with van der Waals surface area (Å²) in [6.45, 7) is 6.97. The van der Waals surface area contributed by atoms with Crippen molar-refractivity contribution in [2.45, 2.75) is 27.3 Å². The highest BCUT2D eigenvalue weighted by Gasteiger charge is 2.18. The van der Waals surface area contributed by atoms with Gasteiger partial charge >= 0.3 is 5.69 Å². The molecule has 0 spiro atoms. The Morgan fingerprint density at radius 3 is 2.48 bits per heavy atom. The van der Waals surface area contributed by atoms with Gasteiger partial charge in [-0.2, -0.15) is 5.26 Å². The lowest BCUT2D eigenvalue weighted by Crippen LogP contribution is -2.27. The molecule has 0 aliphatic carbocycles. The maximum Gasteiger partial charge on any atom is 0.328 e. The summed E-state index contributed by atoms with van der Waals surface area (Å²) in [7, 11) is 1.78. The van der Waals surface area contributed by atoms with E-state index in [-0.39, 0.29) is 11.1 Å². The highest BCUT2D eigenvalue weighted by Crippen LogP contribution is 2.29. The number of benzene rings is 2. The summed E-state index contributed by atoms with van der Waals surface area (Å²) in [4.78, 5) is 12.6. The number of anilines is 1. The molecule has 5 nitrogen and oxygen atoms in total. The summed E-state index contributed by atoms with van der Waals surface area (Å²) in [5, 5.41) is 9.36. The zero-order valence-corrected chi connectivity index (χ0v) is 15.0. The molecule has 2 N–H and O–H groups in total. The van der Waals surface area contributed by atoms with Crippen LogP contribution >= 0.6 is 0 Å². The highest BCUT2D eigenvalue weighted by atomic mass is 16.1. The number of aromatic nitrogens is 2. The van der Waals surface area contributed by atoms with E-state index in [1.807, 2.05) is 22.8 Å². The number of nitriles is 1. The van der Waals surface area contributed by atoms with Crippen molar-refractivity contribution in [3.8, 4) is 17.2 Å². The Hall–Kier alpha value is -3.00. The Balaban J connectivity index is 2.24. The van der Waals surface area contributed by atoms with Crippen molar-refractivity contribution in [2.24, 2.45) is 12.5 Å². The van der Waals surface area contributed by atoms with Crippen molar-refractivity contribution in [1.29, 1.82) is 5.26 Å². The maximum atomic E-state index is 12.6. The summed E-state index contributed by atoms with van der Waals surface area (Å²) < 4.78 is 3.46. The maximum absolute atomic E-state index is 12.6. The fourth-order valence-corrected chi connectivity index (χ4v) is 3.10. The normalized spacial score (nSPS) is 11.6. The Morgan fingerprint density at radius 2 is 1.84 bits per heavy atom. The molecular formula is C20H22N4O. The van der Waals surface area contributed by atoms with E-state index in [1.165, 1.54) is 0 Å². The van der Waals surface area contributed by atoms with Gasteiger partial charge in [-0.3, -0.25) is 9.13 Å². The fourth-order valence-electron chi connectivity index (χ4n) is 3.10. The molecular weight excluding hydrogens is 312 g/mol. The van der Waals surface area contributed by atoms with E-state index in [1.54, 1.807) is 29.8 Å². The third-order valence-corrected chi connectivity index (χ3v) is 4.25. The zero-order chi connectivity index (χ0) is 18.4. The van der Waals surface area contributed by atoms with E-state index in [0.29, 0.717) is 17.8 Å². The Bertz CT molecular complexity index is 1060. The first-order chi connectivity index (χ1) is 11.7. The van der Waals surface area contributed by atoms with E-state index < -0.39 is 0 Å². The number of aryl methyl sites for hydroxylation is 1. The van der Waals surface area contributed by atoms with Crippen LogP contribution in [-0.4, -0.2) is 9.13 Å². The van der Waals surface area contributed by atoms with Crippen LogP contribution in [0.1, 0.15) is 26.3 Å². The quantitative estimate of drug-likeness (QED) is 0.729. The number of hydrogen-bond acceptors (Lipinski definition) is 3. The van der Waals surface area contributed by atoms with Gasteiger partial charge in [-0.05, 0) is 41.3 Å². The van der Waals surface area contributed by atoms with E-state index in [0.717, 1.165) is 22.2 Å². The van der Waals surface area contributed by atoms with Gasteiger partial charge in [0.25, 0.3) is 0 Å². The van der Waals surface area contributed by atoms with Crippen LogP contribution in [0.15, 0.2) is 41.2 Å². The lowest BCUT2D eigenvalue weighted by atomic mass is 9.96. The molecule has 0 saturated heterocycles. The predicted octanol–water partition coefficient (Wildman–Crippen LogP) is 3.51. The highest BCUT2D eigenvalue weighted by molar-refractivity contribution is 5.85. The average molecular weight is 334 g/mol. The number of nitrogens with zero attached hydrogens (tertiary/aromatic N) is 3. The van der Waals surface area contributed by atoms with Crippen LogP contribution in [0.2, 0.25) is 0 Å². The fraction of sp³-hybridized carbons (Fsp3) is 0.300. The third-order valence-electron chi connectivity index (χ3n) is 4.25. The summed E-state index contributed by atoms with van der Waals surface area (Å²) in [6.07, 6.45) is 0. The van der Waals surface area contributed by atoms with Crippen molar-refractivity contribution in [1.82, 2.24) is 9.13 Å². The van der Waals surface area contributed by atoms with Crippen molar-refractivity contribution in [3.63, 3.8) is 0 Å². The number of nitrogens with two attached hydrogens (primary N) is 1. The SMILES string of the molecule is Cn1c(=O)n(CC(C)(C)C)c2ccc(-c3cc(N)ccc3C#N)cc21. The molecule has 2 aromatic carbocycles.